The molecule has 0 aliphatic rings. The predicted molar refractivity (Wildman–Crippen MR) is 73.5 cm³/mol. The second-order valence-corrected chi connectivity index (χ2v) is 4.49. The summed E-state index contributed by atoms with van der Waals surface area (Å²) in [7, 11) is 1.42. The molecule has 4 heteroatoms. The van der Waals surface area contributed by atoms with Crippen LogP contribution in [0.1, 0.15) is 44.9 Å². The van der Waals surface area contributed by atoms with Crippen molar-refractivity contribution in [1.29, 1.82) is 0 Å². The van der Waals surface area contributed by atoms with Gasteiger partial charge in [-0.25, -0.2) is 0 Å². The molecule has 94 valence electrons. The fraction of sp³-hybridized carbons (Fsp3) is 0.750. The van der Waals surface area contributed by atoms with Gasteiger partial charge in [0, 0.05) is 6.42 Å². The first-order valence-corrected chi connectivity index (χ1v) is 6.97. The number of esters is 1. The van der Waals surface area contributed by atoms with Gasteiger partial charge in [0.15, 0.2) is 0 Å². The van der Waals surface area contributed by atoms with Crippen LogP contribution in [0.25, 0.3) is 0 Å². The number of hydrogen-bond donors (Lipinski definition) is 1. The summed E-state index contributed by atoms with van der Waals surface area (Å²) in [5, 5.41) is 9.40. The normalized spacial score (nSPS) is 12.9. The van der Waals surface area contributed by atoms with Crippen LogP contribution >= 0.6 is 22.6 Å². The molecule has 0 fully saturated rings. The molecule has 0 aromatic rings. The molecular weight excluding hydrogens is 319 g/mol. The Morgan fingerprint density at radius 3 is 2.56 bits per heavy atom. The zero-order valence-corrected chi connectivity index (χ0v) is 12.0. The first-order valence-electron chi connectivity index (χ1n) is 5.72. The summed E-state index contributed by atoms with van der Waals surface area (Å²) in [6.45, 7) is 0. The molecule has 0 amide bonds. The van der Waals surface area contributed by atoms with Gasteiger partial charge >= 0.3 is 5.97 Å². The van der Waals surface area contributed by atoms with Crippen molar-refractivity contribution in [2.75, 3.05) is 7.11 Å². The largest absolute Gasteiger partial charge is 0.469 e. The monoisotopic (exact) mass is 340 g/mol. The number of carbonyl (C=O) groups excluding carboxylic acids is 1. The number of aliphatic hydroxyl groups excluding tert-OH is 1. The molecule has 0 aromatic carbocycles. The van der Waals surface area contributed by atoms with Crippen molar-refractivity contribution < 1.29 is 14.6 Å². The van der Waals surface area contributed by atoms with Gasteiger partial charge in [0.25, 0.3) is 0 Å². The molecule has 0 heterocycles. The summed E-state index contributed by atoms with van der Waals surface area (Å²) in [5.74, 6) is -0.123. The highest BCUT2D eigenvalue weighted by molar-refractivity contribution is 14.1. The van der Waals surface area contributed by atoms with Gasteiger partial charge in [0.1, 0.15) is 0 Å². The van der Waals surface area contributed by atoms with E-state index in [1.807, 2.05) is 4.08 Å². The molecule has 0 aliphatic carbocycles. The van der Waals surface area contributed by atoms with Crippen LogP contribution in [0, 0.1) is 0 Å². The quantitative estimate of drug-likeness (QED) is 0.398. The Hall–Kier alpha value is -0.100. The Morgan fingerprint density at radius 2 is 1.94 bits per heavy atom. The van der Waals surface area contributed by atoms with Crippen LogP contribution in [-0.4, -0.2) is 24.3 Å². The molecule has 3 nitrogen and oxygen atoms in total. The van der Waals surface area contributed by atoms with Crippen molar-refractivity contribution in [1.82, 2.24) is 0 Å². The van der Waals surface area contributed by atoms with Gasteiger partial charge in [-0.3, -0.25) is 4.79 Å². The minimum absolute atomic E-state index is 0.123. The Labute approximate surface area is 111 Å². The van der Waals surface area contributed by atoms with Crippen LogP contribution in [0.5, 0.6) is 0 Å². The van der Waals surface area contributed by atoms with E-state index in [1.165, 1.54) is 7.11 Å². The first kappa shape index (κ1) is 15.9. The van der Waals surface area contributed by atoms with E-state index in [9.17, 15) is 9.90 Å². The molecule has 0 bridgehead atoms. The number of hydrogen-bond acceptors (Lipinski definition) is 3. The lowest BCUT2D eigenvalue weighted by atomic mass is 10.1. The van der Waals surface area contributed by atoms with Gasteiger partial charge in [0.05, 0.1) is 13.2 Å². The van der Waals surface area contributed by atoms with Crippen molar-refractivity contribution in [3.8, 4) is 0 Å². The molecule has 0 saturated heterocycles. The van der Waals surface area contributed by atoms with Crippen LogP contribution in [0.15, 0.2) is 10.2 Å². The number of rotatable bonds is 9. The number of methoxy groups -OCH3 is 1. The van der Waals surface area contributed by atoms with E-state index in [2.05, 4.69) is 27.3 Å². The molecule has 1 atom stereocenters. The SMILES string of the molecule is COC(=O)CCCCCCCC(O)/C=C/I. The second-order valence-electron chi connectivity index (χ2n) is 3.77. The summed E-state index contributed by atoms with van der Waals surface area (Å²) in [5.41, 5.74) is 0. The Bertz CT molecular complexity index is 204. The highest BCUT2D eigenvalue weighted by atomic mass is 127. The van der Waals surface area contributed by atoms with Crippen LogP contribution in [0.3, 0.4) is 0 Å². The van der Waals surface area contributed by atoms with E-state index in [4.69, 9.17) is 0 Å². The van der Waals surface area contributed by atoms with Gasteiger partial charge in [-0.15, -0.1) is 0 Å². The van der Waals surface area contributed by atoms with E-state index >= 15 is 0 Å². The number of carbonyl (C=O) groups is 1. The lowest BCUT2D eigenvalue weighted by Gasteiger charge is -2.04. The fourth-order valence-corrected chi connectivity index (χ4v) is 1.91. The minimum atomic E-state index is -0.299. The van der Waals surface area contributed by atoms with Crippen LogP contribution in [0.4, 0.5) is 0 Å². The molecule has 0 saturated carbocycles. The van der Waals surface area contributed by atoms with Gasteiger partial charge in [-0.2, -0.15) is 0 Å². The predicted octanol–water partition coefficient (Wildman–Crippen LogP) is 3.20. The Morgan fingerprint density at radius 1 is 1.31 bits per heavy atom. The van der Waals surface area contributed by atoms with Crippen molar-refractivity contribution in [2.45, 2.75) is 51.0 Å². The summed E-state index contributed by atoms with van der Waals surface area (Å²) >= 11 is 2.11. The number of ether oxygens (including phenoxy) is 1. The highest BCUT2D eigenvalue weighted by Gasteiger charge is 2.00. The average Bonchev–Trinajstić information content (AvgIpc) is 2.27. The summed E-state index contributed by atoms with van der Waals surface area (Å²) < 4.78 is 6.40. The van der Waals surface area contributed by atoms with Crippen molar-refractivity contribution in [2.24, 2.45) is 0 Å². The zero-order valence-electron chi connectivity index (χ0n) is 9.82. The zero-order chi connectivity index (χ0) is 12.2. The standard InChI is InChI=1S/C12H21IO3/c1-16-12(15)8-6-4-2-3-5-7-11(14)9-10-13/h9-11,14H,2-8H2,1H3/b10-9+. The molecule has 16 heavy (non-hydrogen) atoms. The highest BCUT2D eigenvalue weighted by Crippen LogP contribution is 2.10. The van der Waals surface area contributed by atoms with Gasteiger partial charge in [0.2, 0.25) is 0 Å². The minimum Gasteiger partial charge on any atom is -0.469 e. The third-order valence-corrected chi connectivity index (χ3v) is 2.82. The molecule has 0 radical (unpaired) electrons. The Kier molecular flexibility index (Phi) is 11.3. The van der Waals surface area contributed by atoms with E-state index in [0.717, 1.165) is 38.5 Å². The first-order chi connectivity index (χ1) is 7.70. The summed E-state index contributed by atoms with van der Waals surface area (Å²) in [6.07, 6.45) is 8.11. The van der Waals surface area contributed by atoms with Gasteiger partial charge in [-0.1, -0.05) is 54.4 Å². The van der Waals surface area contributed by atoms with E-state index in [0.29, 0.717) is 6.42 Å². The molecule has 0 rings (SSSR count). The van der Waals surface area contributed by atoms with Crippen molar-refractivity contribution >= 4 is 28.6 Å². The number of halogens is 1. The lowest BCUT2D eigenvalue weighted by Crippen LogP contribution is -2.01. The molecule has 0 spiro atoms. The van der Waals surface area contributed by atoms with Gasteiger partial charge in [-0.05, 0) is 16.9 Å². The maximum atomic E-state index is 10.8. The maximum absolute atomic E-state index is 10.8. The van der Waals surface area contributed by atoms with Crippen molar-refractivity contribution in [3.63, 3.8) is 0 Å². The topological polar surface area (TPSA) is 46.5 Å². The van der Waals surface area contributed by atoms with E-state index < -0.39 is 0 Å². The lowest BCUT2D eigenvalue weighted by molar-refractivity contribution is -0.140. The van der Waals surface area contributed by atoms with E-state index in [-0.39, 0.29) is 12.1 Å². The van der Waals surface area contributed by atoms with Crippen LogP contribution < -0.4 is 0 Å². The fourth-order valence-electron chi connectivity index (χ4n) is 1.44. The number of aliphatic hydroxyl groups is 1. The summed E-state index contributed by atoms with van der Waals surface area (Å²) in [4.78, 5) is 10.8. The smallest absolute Gasteiger partial charge is 0.305 e. The molecular formula is C12H21IO3. The molecule has 1 unspecified atom stereocenters. The molecule has 0 aliphatic heterocycles. The number of unbranched alkanes of at least 4 members (excludes halogenated alkanes) is 4. The third kappa shape index (κ3) is 10.4. The van der Waals surface area contributed by atoms with Crippen LogP contribution in [-0.2, 0) is 9.53 Å². The summed E-state index contributed by atoms with van der Waals surface area (Å²) in [6, 6.07) is 0. The second kappa shape index (κ2) is 11.4. The maximum Gasteiger partial charge on any atom is 0.305 e. The van der Waals surface area contributed by atoms with Gasteiger partial charge < -0.3 is 9.84 Å². The molecule has 1 N–H and O–H groups in total. The van der Waals surface area contributed by atoms with E-state index in [1.54, 1.807) is 6.08 Å². The third-order valence-electron chi connectivity index (χ3n) is 2.40. The molecule has 0 aromatic heterocycles. The van der Waals surface area contributed by atoms with Crippen molar-refractivity contribution in [3.05, 3.63) is 10.2 Å². The van der Waals surface area contributed by atoms with Crippen LogP contribution in [0.2, 0.25) is 0 Å². The Balaban J connectivity index is 3.18. The average molecular weight is 340 g/mol.